The van der Waals surface area contributed by atoms with Crippen LogP contribution in [0.2, 0.25) is 0 Å². The van der Waals surface area contributed by atoms with Crippen LogP contribution >= 0.6 is 0 Å². The summed E-state index contributed by atoms with van der Waals surface area (Å²) in [6.45, 7) is 1.70. The van der Waals surface area contributed by atoms with Gasteiger partial charge in [-0.05, 0) is 24.6 Å². The van der Waals surface area contributed by atoms with Crippen LogP contribution < -0.4 is 5.73 Å². The average Bonchev–Trinajstić information content (AvgIpc) is 1.96. The first-order valence-corrected chi connectivity index (χ1v) is 3.16. The summed E-state index contributed by atoms with van der Waals surface area (Å²) in [6.07, 6.45) is 0.547. The second-order valence-electron chi connectivity index (χ2n) is 2.37. The first-order chi connectivity index (χ1) is 5.15. The third-order valence-electron chi connectivity index (χ3n) is 1.43. The van der Waals surface area contributed by atoms with Crippen molar-refractivity contribution in [3.63, 3.8) is 0 Å². The van der Waals surface area contributed by atoms with E-state index in [9.17, 15) is 9.18 Å². The fraction of sp³-hybridized carbons (Fsp3) is 0.125. The minimum Gasteiger partial charge on any atom is -0.396 e. The van der Waals surface area contributed by atoms with Crippen LogP contribution in [0.5, 0.6) is 0 Å². The highest BCUT2D eigenvalue weighted by Crippen LogP contribution is 2.16. The normalized spacial score (nSPS) is 9.64. The number of hydrogen-bond donors (Lipinski definition) is 1. The predicted molar refractivity (Wildman–Crippen MR) is 40.9 cm³/mol. The maximum absolute atomic E-state index is 12.7. The van der Waals surface area contributed by atoms with E-state index in [2.05, 4.69) is 0 Å². The molecule has 11 heavy (non-hydrogen) atoms. The van der Waals surface area contributed by atoms with Crippen molar-refractivity contribution < 1.29 is 9.18 Å². The van der Waals surface area contributed by atoms with Crippen molar-refractivity contribution in [2.75, 3.05) is 5.73 Å². The molecule has 0 fully saturated rings. The Morgan fingerprint density at radius 2 is 2.18 bits per heavy atom. The lowest BCUT2D eigenvalue weighted by Gasteiger charge is -2.00. The molecule has 1 rings (SSSR count). The van der Waals surface area contributed by atoms with E-state index in [1.165, 1.54) is 6.07 Å². The largest absolute Gasteiger partial charge is 0.396 e. The summed E-state index contributed by atoms with van der Waals surface area (Å²) in [7, 11) is 0. The molecule has 1 aromatic rings. The Kier molecular flexibility index (Phi) is 1.89. The number of benzene rings is 1. The Hall–Kier alpha value is -1.38. The number of anilines is 1. The van der Waals surface area contributed by atoms with Gasteiger partial charge in [-0.1, -0.05) is 0 Å². The number of carbonyl (C=O) groups excluding carboxylic acids is 1. The lowest BCUT2D eigenvalue weighted by Crippen LogP contribution is -1.97. The molecule has 0 amide bonds. The summed E-state index contributed by atoms with van der Waals surface area (Å²) in [5, 5.41) is 0. The second kappa shape index (κ2) is 2.70. The molecular weight excluding hydrogens is 145 g/mol. The number of halogens is 1. The Morgan fingerprint density at radius 1 is 1.55 bits per heavy atom. The van der Waals surface area contributed by atoms with Gasteiger partial charge in [0.1, 0.15) is 5.82 Å². The summed E-state index contributed by atoms with van der Waals surface area (Å²) < 4.78 is 12.7. The third-order valence-corrected chi connectivity index (χ3v) is 1.43. The zero-order valence-electron chi connectivity index (χ0n) is 6.10. The Bertz CT molecular complexity index is 296. The minimum absolute atomic E-state index is 0.0781. The molecule has 0 aliphatic carbocycles. The van der Waals surface area contributed by atoms with Crippen LogP contribution in [0.3, 0.4) is 0 Å². The molecule has 0 spiro atoms. The zero-order valence-corrected chi connectivity index (χ0v) is 6.10. The molecule has 0 radical (unpaired) electrons. The second-order valence-corrected chi connectivity index (χ2v) is 2.37. The number of carbonyl (C=O) groups is 1. The highest BCUT2D eigenvalue weighted by molar-refractivity contribution is 5.83. The van der Waals surface area contributed by atoms with E-state index >= 15 is 0 Å². The lowest BCUT2D eigenvalue weighted by atomic mass is 10.1. The fourth-order valence-corrected chi connectivity index (χ4v) is 0.878. The van der Waals surface area contributed by atoms with Crippen molar-refractivity contribution in [2.24, 2.45) is 0 Å². The van der Waals surface area contributed by atoms with Gasteiger partial charge in [-0.15, -0.1) is 0 Å². The van der Waals surface area contributed by atoms with Crippen LogP contribution in [-0.2, 0) is 0 Å². The van der Waals surface area contributed by atoms with Crippen molar-refractivity contribution in [2.45, 2.75) is 6.92 Å². The summed E-state index contributed by atoms with van der Waals surface area (Å²) in [5.74, 6) is -0.535. The van der Waals surface area contributed by atoms with Crippen LogP contribution in [0.15, 0.2) is 12.1 Å². The van der Waals surface area contributed by atoms with Crippen molar-refractivity contribution in [1.82, 2.24) is 0 Å². The minimum atomic E-state index is -0.535. The van der Waals surface area contributed by atoms with E-state index in [1.807, 2.05) is 0 Å². The monoisotopic (exact) mass is 153 g/mol. The van der Waals surface area contributed by atoms with E-state index in [4.69, 9.17) is 5.73 Å². The molecule has 0 bridgehead atoms. The van der Waals surface area contributed by atoms with Gasteiger partial charge in [-0.25, -0.2) is 4.39 Å². The molecule has 1 aromatic carbocycles. The van der Waals surface area contributed by atoms with Crippen molar-refractivity contribution in [1.29, 1.82) is 0 Å². The number of hydrogen-bond acceptors (Lipinski definition) is 2. The van der Waals surface area contributed by atoms with Crippen LogP contribution in [0, 0.1) is 12.7 Å². The SMILES string of the molecule is Cc1cc(F)c(N)c(C=O)c1. The number of aryl methyl sites for hydroxylation is 1. The van der Waals surface area contributed by atoms with E-state index in [0.29, 0.717) is 11.8 Å². The summed E-state index contributed by atoms with van der Waals surface area (Å²) in [6, 6.07) is 2.84. The molecule has 3 heteroatoms. The maximum atomic E-state index is 12.7. The van der Waals surface area contributed by atoms with Crippen LogP contribution in [0.25, 0.3) is 0 Å². The molecule has 58 valence electrons. The van der Waals surface area contributed by atoms with Gasteiger partial charge in [0.15, 0.2) is 6.29 Å². The Labute approximate surface area is 63.8 Å². The molecule has 0 aliphatic heterocycles. The van der Waals surface area contributed by atoms with Gasteiger partial charge in [-0.3, -0.25) is 4.79 Å². The van der Waals surface area contributed by atoms with Gasteiger partial charge < -0.3 is 5.73 Å². The average molecular weight is 153 g/mol. The molecule has 2 nitrogen and oxygen atoms in total. The summed E-state index contributed by atoms with van der Waals surface area (Å²) in [4.78, 5) is 10.3. The highest BCUT2D eigenvalue weighted by atomic mass is 19.1. The van der Waals surface area contributed by atoms with E-state index in [1.54, 1.807) is 13.0 Å². The molecule has 0 aliphatic rings. The smallest absolute Gasteiger partial charge is 0.152 e. The van der Waals surface area contributed by atoms with Gasteiger partial charge >= 0.3 is 0 Å². The zero-order chi connectivity index (χ0) is 8.43. The third kappa shape index (κ3) is 1.37. The first kappa shape index (κ1) is 7.72. The molecule has 0 saturated carbocycles. The van der Waals surface area contributed by atoms with Gasteiger partial charge in [0.2, 0.25) is 0 Å². The topological polar surface area (TPSA) is 43.1 Å². The maximum Gasteiger partial charge on any atom is 0.152 e. The van der Waals surface area contributed by atoms with Crippen LogP contribution in [0.1, 0.15) is 15.9 Å². The van der Waals surface area contributed by atoms with Gasteiger partial charge in [-0.2, -0.15) is 0 Å². The number of aldehydes is 1. The number of nitrogens with two attached hydrogens (primary N) is 1. The van der Waals surface area contributed by atoms with Crippen molar-refractivity contribution in [3.05, 3.63) is 29.1 Å². The van der Waals surface area contributed by atoms with E-state index in [0.717, 1.165) is 0 Å². The molecule has 2 N–H and O–H groups in total. The quantitative estimate of drug-likeness (QED) is 0.491. The number of nitrogen functional groups attached to an aromatic ring is 1. The van der Waals surface area contributed by atoms with E-state index < -0.39 is 5.82 Å². The van der Waals surface area contributed by atoms with Crippen molar-refractivity contribution >= 4 is 12.0 Å². The summed E-state index contributed by atoms with van der Waals surface area (Å²) in [5.41, 5.74) is 6.08. The molecule has 0 atom stereocenters. The van der Waals surface area contributed by atoms with Gasteiger partial charge in [0, 0.05) is 5.56 Å². The fourth-order valence-electron chi connectivity index (χ4n) is 0.878. The number of rotatable bonds is 1. The Morgan fingerprint density at radius 3 is 2.73 bits per heavy atom. The molecule has 0 unspecified atom stereocenters. The van der Waals surface area contributed by atoms with Crippen LogP contribution in [-0.4, -0.2) is 6.29 Å². The van der Waals surface area contributed by atoms with Gasteiger partial charge in [0.05, 0.1) is 5.69 Å². The van der Waals surface area contributed by atoms with Crippen molar-refractivity contribution in [3.8, 4) is 0 Å². The first-order valence-electron chi connectivity index (χ1n) is 3.16. The van der Waals surface area contributed by atoms with Gasteiger partial charge in [0.25, 0.3) is 0 Å². The molecule has 0 saturated heterocycles. The predicted octanol–water partition coefficient (Wildman–Crippen LogP) is 1.53. The van der Waals surface area contributed by atoms with E-state index in [-0.39, 0.29) is 11.3 Å². The van der Waals surface area contributed by atoms with Crippen LogP contribution in [0.4, 0.5) is 10.1 Å². The lowest BCUT2D eigenvalue weighted by molar-refractivity contribution is 0.112. The Balaban J connectivity index is 3.35. The standard InChI is InChI=1S/C8H8FNO/c1-5-2-6(4-11)8(10)7(9)3-5/h2-4H,10H2,1H3. The molecule has 0 heterocycles. The summed E-state index contributed by atoms with van der Waals surface area (Å²) >= 11 is 0. The highest BCUT2D eigenvalue weighted by Gasteiger charge is 2.04. The molecular formula is C8H8FNO. The molecule has 0 aromatic heterocycles.